The highest BCUT2D eigenvalue weighted by atomic mass is 14.2. The molecule has 0 nitrogen and oxygen atoms in total. The molecular formula is C42H26. The minimum absolute atomic E-state index is 0.227. The van der Waals surface area contributed by atoms with E-state index in [1.54, 1.807) is 0 Å². The van der Waals surface area contributed by atoms with Gasteiger partial charge in [0.15, 0.2) is 0 Å². The van der Waals surface area contributed by atoms with Gasteiger partial charge in [-0.3, -0.25) is 0 Å². The third-order valence-corrected chi connectivity index (χ3v) is 7.20. The van der Waals surface area contributed by atoms with Gasteiger partial charge in [0, 0.05) is 0 Å². The quantitative estimate of drug-likeness (QED) is 0.147. The van der Waals surface area contributed by atoms with Crippen LogP contribution in [0.15, 0.2) is 157 Å². The number of benzene rings is 9. The van der Waals surface area contributed by atoms with E-state index in [-0.39, 0.29) is 16.2 Å². The van der Waals surface area contributed by atoms with E-state index in [0.717, 1.165) is 6.07 Å². The lowest BCUT2D eigenvalue weighted by Crippen LogP contribution is -1.92. The average Bonchev–Trinajstić information content (AvgIpc) is 3.30. The third kappa shape index (κ3) is 3.30. The molecule has 0 aliphatic rings. The minimum atomic E-state index is -0.960. The molecule has 0 saturated heterocycles. The van der Waals surface area contributed by atoms with Gasteiger partial charge < -0.3 is 0 Å². The molecule has 0 heteroatoms. The van der Waals surface area contributed by atoms with Crippen LogP contribution in [0.1, 0.15) is 34.3 Å². The summed E-state index contributed by atoms with van der Waals surface area (Å²) < 4.78 is 225. The first-order chi connectivity index (χ1) is 31.3. The Bertz CT molecular complexity index is 3820. The Morgan fingerprint density at radius 1 is 0.310 bits per heavy atom. The standard InChI is InChI=1S/C42H26/c1-2-14-29-27(12-1)13-11-23-35(29)42-38-21-9-7-19-36(38)41(37-20-8-10-22-39(37)42)28-24-25-34-32-17-4-3-15-30(32)31-16-5-6-18-33(31)40(34)26-28/h1-26H/i1D,2D,3D,4D,5D,6D,7D,8D,9D,10D,11D,12D,13D,14D,15D,16D,18D,19D,20D,21D,22D,23D,24D,25D,26D. The highest BCUT2D eigenvalue weighted by Crippen LogP contribution is 2.46. The van der Waals surface area contributed by atoms with Gasteiger partial charge in [0.1, 0.15) is 0 Å². The zero-order chi connectivity index (χ0) is 49.4. The second-order valence-electron chi connectivity index (χ2n) is 9.33. The summed E-state index contributed by atoms with van der Waals surface area (Å²) in [4.78, 5) is 0. The van der Waals surface area contributed by atoms with Gasteiger partial charge in [-0.05, 0) is 92.9 Å². The fraction of sp³-hybridized carbons (Fsp3) is 0. The van der Waals surface area contributed by atoms with Gasteiger partial charge in [-0.1, -0.05) is 151 Å². The number of hydrogen-bond acceptors (Lipinski definition) is 0. The summed E-state index contributed by atoms with van der Waals surface area (Å²) >= 11 is 0. The molecule has 0 radical (unpaired) electrons. The fourth-order valence-electron chi connectivity index (χ4n) is 5.47. The van der Waals surface area contributed by atoms with Crippen molar-refractivity contribution in [2.75, 3.05) is 0 Å². The van der Waals surface area contributed by atoms with Crippen molar-refractivity contribution in [1.82, 2.24) is 0 Å². The van der Waals surface area contributed by atoms with Gasteiger partial charge >= 0.3 is 0 Å². The maximum atomic E-state index is 9.98. The summed E-state index contributed by atoms with van der Waals surface area (Å²) in [6.45, 7) is 0. The molecule has 0 atom stereocenters. The molecular weight excluding hydrogens is 504 g/mol. The Morgan fingerprint density at radius 3 is 1.48 bits per heavy atom. The highest BCUT2D eigenvalue weighted by Gasteiger charge is 2.18. The summed E-state index contributed by atoms with van der Waals surface area (Å²) in [5.41, 5.74) is -2.78. The van der Waals surface area contributed by atoms with E-state index < -0.39 is 222 Å². The SMILES string of the molecule is [2H]c1cc2c(c([2H])c1[2H])c1c([2H])c([2H])c([2H])c([2H])c1c1c([2H])c(-c3c4c([2H])c([2H])c([2H])c([2H])c4c(-c4c([2H])c([2H])c([2H])c5c([2H])c([2H])c([2H])c([2H])c45)c4c([2H])c([2H])c([2H])c([2H])c34)c([2H])c([2H])c21. The first-order valence-corrected chi connectivity index (χ1v) is 12.6. The second kappa shape index (κ2) is 9.03. The van der Waals surface area contributed by atoms with Crippen molar-refractivity contribution in [3.63, 3.8) is 0 Å². The maximum absolute atomic E-state index is 9.98. The Morgan fingerprint density at radius 2 is 0.786 bits per heavy atom. The molecule has 0 saturated carbocycles. The largest absolute Gasteiger partial charge is 0.0636 e. The lowest BCUT2D eigenvalue weighted by molar-refractivity contribution is 1.69. The Labute approximate surface area is 279 Å². The lowest BCUT2D eigenvalue weighted by atomic mass is 9.84. The molecule has 9 rings (SSSR count). The maximum Gasteiger partial charge on any atom is 0.0636 e. The van der Waals surface area contributed by atoms with Crippen molar-refractivity contribution in [2.45, 2.75) is 0 Å². The average molecular weight is 556 g/mol. The molecule has 0 aromatic heterocycles. The predicted octanol–water partition coefficient (Wildman–Crippen LogP) is 11.9. The van der Waals surface area contributed by atoms with Crippen LogP contribution < -0.4 is 0 Å². The van der Waals surface area contributed by atoms with Crippen LogP contribution in [0.5, 0.6) is 0 Å². The van der Waals surface area contributed by atoms with Crippen molar-refractivity contribution in [3.05, 3.63) is 157 Å². The minimum Gasteiger partial charge on any atom is -0.0616 e. The molecule has 9 aromatic carbocycles. The van der Waals surface area contributed by atoms with Crippen LogP contribution in [0.4, 0.5) is 0 Å². The highest BCUT2D eigenvalue weighted by molar-refractivity contribution is 6.27. The molecule has 0 unspecified atom stereocenters. The monoisotopic (exact) mass is 555 g/mol. The van der Waals surface area contributed by atoms with Gasteiger partial charge in [-0.15, -0.1) is 0 Å². The van der Waals surface area contributed by atoms with Gasteiger partial charge in [-0.2, -0.15) is 0 Å². The van der Waals surface area contributed by atoms with Crippen molar-refractivity contribution in [1.29, 1.82) is 0 Å². The van der Waals surface area contributed by atoms with Crippen molar-refractivity contribution in [2.24, 2.45) is 0 Å². The molecule has 0 amide bonds. The van der Waals surface area contributed by atoms with Crippen molar-refractivity contribution < 1.29 is 34.3 Å². The summed E-state index contributed by atoms with van der Waals surface area (Å²) in [6.07, 6.45) is 0. The van der Waals surface area contributed by atoms with E-state index >= 15 is 0 Å². The van der Waals surface area contributed by atoms with E-state index in [1.165, 1.54) is 0 Å². The zero-order valence-electron chi connectivity index (χ0n) is 46.1. The van der Waals surface area contributed by atoms with E-state index in [2.05, 4.69) is 0 Å². The van der Waals surface area contributed by atoms with Crippen LogP contribution in [0.3, 0.4) is 0 Å². The van der Waals surface area contributed by atoms with Crippen LogP contribution in [0.25, 0.3) is 86.9 Å². The summed E-state index contributed by atoms with van der Waals surface area (Å²) in [5, 5.41) is -6.26. The molecule has 0 aliphatic heterocycles. The predicted molar refractivity (Wildman–Crippen MR) is 182 cm³/mol. The second-order valence-corrected chi connectivity index (χ2v) is 9.33. The van der Waals surface area contributed by atoms with E-state index in [9.17, 15) is 11.0 Å². The Balaban J connectivity index is 1.70. The first-order valence-electron chi connectivity index (χ1n) is 25.1. The summed E-state index contributed by atoms with van der Waals surface area (Å²) in [6, 6.07) is -20.4. The number of hydrogen-bond donors (Lipinski definition) is 0. The summed E-state index contributed by atoms with van der Waals surface area (Å²) in [7, 11) is 0. The molecule has 0 heterocycles. The molecule has 0 N–H and O–H groups in total. The van der Waals surface area contributed by atoms with Gasteiger partial charge in [0.25, 0.3) is 0 Å². The van der Waals surface area contributed by atoms with E-state index in [4.69, 9.17) is 23.3 Å². The molecule has 194 valence electrons. The van der Waals surface area contributed by atoms with Crippen LogP contribution in [-0.4, -0.2) is 0 Å². The van der Waals surface area contributed by atoms with Crippen molar-refractivity contribution >= 4 is 64.6 Å². The van der Waals surface area contributed by atoms with Gasteiger partial charge in [-0.25, -0.2) is 0 Å². The molecule has 9 aromatic rings. The molecule has 42 heavy (non-hydrogen) atoms. The van der Waals surface area contributed by atoms with Crippen LogP contribution >= 0.6 is 0 Å². The summed E-state index contributed by atoms with van der Waals surface area (Å²) in [5.74, 6) is 0. The normalized spacial score (nSPS) is 20.1. The molecule has 0 aliphatic carbocycles. The fourth-order valence-corrected chi connectivity index (χ4v) is 5.47. The van der Waals surface area contributed by atoms with Gasteiger partial charge in [0.2, 0.25) is 0 Å². The topological polar surface area (TPSA) is 0 Å². The third-order valence-electron chi connectivity index (χ3n) is 7.20. The smallest absolute Gasteiger partial charge is 0.0616 e. The van der Waals surface area contributed by atoms with Crippen LogP contribution in [0, 0.1) is 0 Å². The zero-order valence-corrected chi connectivity index (χ0v) is 21.1. The molecule has 0 fully saturated rings. The molecule has 0 spiro atoms. The van der Waals surface area contributed by atoms with Gasteiger partial charge in [0.05, 0.1) is 34.3 Å². The van der Waals surface area contributed by atoms with Crippen LogP contribution in [0.2, 0.25) is 0 Å². The van der Waals surface area contributed by atoms with E-state index in [0.29, 0.717) is 0 Å². The van der Waals surface area contributed by atoms with Crippen LogP contribution in [-0.2, 0) is 0 Å². The number of rotatable bonds is 2. The first kappa shape index (κ1) is 9.54. The van der Waals surface area contributed by atoms with Crippen molar-refractivity contribution in [3.8, 4) is 22.3 Å². The Hall–Kier alpha value is -5.46. The number of fused-ring (bicyclic) bond motifs is 9. The van der Waals surface area contributed by atoms with E-state index in [1.807, 2.05) is 0 Å². The molecule has 0 bridgehead atoms. The lowest BCUT2D eigenvalue weighted by Gasteiger charge is -2.19. The Kier molecular flexibility index (Phi) is 2.05.